The van der Waals surface area contributed by atoms with Gasteiger partial charge in [-0.15, -0.1) is 0 Å². The summed E-state index contributed by atoms with van der Waals surface area (Å²) in [6.45, 7) is 9.01. The third-order valence-corrected chi connectivity index (χ3v) is 3.96. The van der Waals surface area contributed by atoms with E-state index in [9.17, 15) is 0 Å². The standard InChI is InChI=1S/C15H25N3/c1-4-12(3)17-15-13(8-6-10-16-15)14-9-7-11-18(14)5-2/h6,8,10,12,14H,4-5,7,9,11H2,1-3H3,(H,16,17)/t12-,14+/m0/s1. The molecule has 0 aliphatic carbocycles. The Labute approximate surface area is 111 Å². The summed E-state index contributed by atoms with van der Waals surface area (Å²) in [6.07, 6.45) is 5.57. The third-order valence-electron chi connectivity index (χ3n) is 3.96. The van der Waals surface area contributed by atoms with Gasteiger partial charge in [-0.2, -0.15) is 0 Å². The molecule has 1 N–H and O–H groups in total. The first-order valence-electron chi connectivity index (χ1n) is 7.21. The van der Waals surface area contributed by atoms with Crippen LogP contribution in [-0.4, -0.2) is 29.0 Å². The Balaban J connectivity index is 2.21. The molecule has 0 bridgehead atoms. The Hall–Kier alpha value is -1.09. The monoisotopic (exact) mass is 247 g/mol. The second-order valence-corrected chi connectivity index (χ2v) is 5.18. The molecule has 0 aromatic carbocycles. The highest BCUT2D eigenvalue weighted by molar-refractivity contribution is 5.46. The fourth-order valence-corrected chi connectivity index (χ4v) is 2.70. The Kier molecular flexibility index (Phi) is 4.59. The third kappa shape index (κ3) is 2.83. The van der Waals surface area contributed by atoms with Gasteiger partial charge in [-0.25, -0.2) is 4.98 Å². The molecule has 3 nitrogen and oxygen atoms in total. The second kappa shape index (κ2) is 6.19. The first-order chi connectivity index (χ1) is 8.76. The number of hydrogen-bond acceptors (Lipinski definition) is 3. The van der Waals surface area contributed by atoms with E-state index in [-0.39, 0.29) is 0 Å². The van der Waals surface area contributed by atoms with Crippen molar-refractivity contribution in [2.75, 3.05) is 18.4 Å². The lowest BCUT2D eigenvalue weighted by Crippen LogP contribution is -2.25. The van der Waals surface area contributed by atoms with Crippen molar-refractivity contribution < 1.29 is 0 Å². The van der Waals surface area contributed by atoms with Crippen LogP contribution in [0.3, 0.4) is 0 Å². The number of pyridine rings is 1. The molecule has 2 heterocycles. The van der Waals surface area contributed by atoms with E-state index < -0.39 is 0 Å². The van der Waals surface area contributed by atoms with Crippen LogP contribution in [0.5, 0.6) is 0 Å². The number of likely N-dealkylation sites (tertiary alicyclic amines) is 1. The van der Waals surface area contributed by atoms with Crippen molar-refractivity contribution in [3.05, 3.63) is 23.9 Å². The number of anilines is 1. The van der Waals surface area contributed by atoms with E-state index in [4.69, 9.17) is 0 Å². The number of nitrogens with zero attached hydrogens (tertiary/aromatic N) is 2. The van der Waals surface area contributed by atoms with E-state index >= 15 is 0 Å². The van der Waals surface area contributed by atoms with Crippen molar-refractivity contribution in [3.63, 3.8) is 0 Å². The molecular weight excluding hydrogens is 222 g/mol. The molecule has 1 aromatic rings. The minimum absolute atomic E-state index is 0.482. The maximum atomic E-state index is 4.54. The van der Waals surface area contributed by atoms with Gasteiger partial charge in [0.15, 0.2) is 0 Å². The first kappa shape index (κ1) is 13.3. The van der Waals surface area contributed by atoms with Gasteiger partial charge < -0.3 is 5.32 Å². The van der Waals surface area contributed by atoms with E-state index in [1.54, 1.807) is 0 Å². The van der Waals surface area contributed by atoms with Crippen molar-refractivity contribution >= 4 is 5.82 Å². The molecule has 2 rings (SSSR count). The van der Waals surface area contributed by atoms with Crippen molar-refractivity contribution in [2.45, 2.75) is 52.1 Å². The van der Waals surface area contributed by atoms with Crippen molar-refractivity contribution in [2.24, 2.45) is 0 Å². The molecule has 2 atom stereocenters. The molecule has 1 aliphatic rings. The molecule has 3 heteroatoms. The lowest BCUT2D eigenvalue weighted by atomic mass is 10.0. The molecule has 1 aromatic heterocycles. The maximum Gasteiger partial charge on any atom is 0.130 e. The van der Waals surface area contributed by atoms with Gasteiger partial charge in [-0.05, 0) is 45.3 Å². The Morgan fingerprint density at radius 3 is 3.06 bits per heavy atom. The summed E-state index contributed by atoms with van der Waals surface area (Å²) < 4.78 is 0. The summed E-state index contributed by atoms with van der Waals surface area (Å²) in [4.78, 5) is 7.10. The highest BCUT2D eigenvalue weighted by atomic mass is 15.2. The summed E-state index contributed by atoms with van der Waals surface area (Å²) >= 11 is 0. The van der Waals surface area contributed by atoms with Gasteiger partial charge in [-0.1, -0.05) is 19.9 Å². The minimum Gasteiger partial charge on any atom is -0.367 e. The second-order valence-electron chi connectivity index (χ2n) is 5.18. The molecule has 0 radical (unpaired) electrons. The van der Waals surface area contributed by atoms with Crippen molar-refractivity contribution in [3.8, 4) is 0 Å². The van der Waals surface area contributed by atoms with Crippen LogP contribution >= 0.6 is 0 Å². The molecule has 18 heavy (non-hydrogen) atoms. The Bertz CT molecular complexity index is 378. The van der Waals surface area contributed by atoms with Gasteiger partial charge in [0.05, 0.1) is 0 Å². The van der Waals surface area contributed by atoms with Crippen molar-refractivity contribution in [1.29, 1.82) is 0 Å². The SMILES string of the molecule is CC[C@H](C)Nc1ncccc1[C@H]1CCCN1CC. The smallest absolute Gasteiger partial charge is 0.130 e. The normalized spacial score (nSPS) is 22.1. The quantitative estimate of drug-likeness (QED) is 0.864. The van der Waals surface area contributed by atoms with Gasteiger partial charge in [-0.3, -0.25) is 4.90 Å². The Morgan fingerprint density at radius 2 is 2.33 bits per heavy atom. The molecule has 0 unspecified atom stereocenters. The molecule has 1 aliphatic heterocycles. The maximum absolute atomic E-state index is 4.54. The zero-order chi connectivity index (χ0) is 13.0. The lowest BCUT2D eigenvalue weighted by Gasteiger charge is -2.25. The summed E-state index contributed by atoms with van der Waals surface area (Å²) in [5, 5.41) is 3.54. The predicted molar refractivity (Wildman–Crippen MR) is 76.8 cm³/mol. The van der Waals surface area contributed by atoms with Crippen LogP contribution in [0, 0.1) is 0 Å². The highest BCUT2D eigenvalue weighted by Gasteiger charge is 2.27. The van der Waals surface area contributed by atoms with Crippen LogP contribution in [0.15, 0.2) is 18.3 Å². The van der Waals surface area contributed by atoms with E-state index in [0.717, 1.165) is 18.8 Å². The average Bonchev–Trinajstić information content (AvgIpc) is 2.87. The first-order valence-corrected chi connectivity index (χ1v) is 7.21. The minimum atomic E-state index is 0.482. The molecule has 1 saturated heterocycles. The fourth-order valence-electron chi connectivity index (χ4n) is 2.70. The fraction of sp³-hybridized carbons (Fsp3) is 0.667. The van der Waals surface area contributed by atoms with Crippen LogP contribution in [0.25, 0.3) is 0 Å². The lowest BCUT2D eigenvalue weighted by molar-refractivity contribution is 0.271. The molecule has 1 fully saturated rings. The predicted octanol–water partition coefficient (Wildman–Crippen LogP) is 3.45. The number of nitrogens with one attached hydrogen (secondary N) is 1. The zero-order valence-electron chi connectivity index (χ0n) is 11.8. The molecule has 100 valence electrons. The molecule has 0 spiro atoms. The van der Waals surface area contributed by atoms with E-state index in [0.29, 0.717) is 12.1 Å². The van der Waals surface area contributed by atoms with E-state index in [2.05, 4.69) is 48.1 Å². The summed E-state index contributed by atoms with van der Waals surface area (Å²) in [5.41, 5.74) is 1.37. The van der Waals surface area contributed by atoms with Crippen molar-refractivity contribution in [1.82, 2.24) is 9.88 Å². The van der Waals surface area contributed by atoms with E-state index in [1.165, 1.54) is 24.9 Å². The Morgan fingerprint density at radius 1 is 1.50 bits per heavy atom. The zero-order valence-corrected chi connectivity index (χ0v) is 11.8. The van der Waals surface area contributed by atoms with Gasteiger partial charge in [0, 0.05) is 23.8 Å². The highest BCUT2D eigenvalue weighted by Crippen LogP contribution is 2.34. The topological polar surface area (TPSA) is 28.2 Å². The number of aromatic nitrogens is 1. The summed E-state index contributed by atoms with van der Waals surface area (Å²) in [5.74, 6) is 1.08. The van der Waals surface area contributed by atoms with Crippen LogP contribution in [-0.2, 0) is 0 Å². The van der Waals surface area contributed by atoms with E-state index in [1.807, 2.05) is 6.20 Å². The largest absolute Gasteiger partial charge is 0.367 e. The van der Waals surface area contributed by atoms with Gasteiger partial charge in [0.1, 0.15) is 5.82 Å². The van der Waals surface area contributed by atoms with Gasteiger partial charge in [0.25, 0.3) is 0 Å². The summed E-state index contributed by atoms with van der Waals surface area (Å²) in [7, 11) is 0. The molecule has 0 saturated carbocycles. The van der Waals surface area contributed by atoms with Gasteiger partial charge >= 0.3 is 0 Å². The van der Waals surface area contributed by atoms with Crippen LogP contribution in [0.4, 0.5) is 5.82 Å². The molecular formula is C15H25N3. The average molecular weight is 247 g/mol. The van der Waals surface area contributed by atoms with Gasteiger partial charge in [0.2, 0.25) is 0 Å². The number of hydrogen-bond donors (Lipinski definition) is 1. The van der Waals surface area contributed by atoms with Crippen LogP contribution < -0.4 is 5.32 Å². The number of rotatable bonds is 5. The van der Waals surface area contributed by atoms with Crippen LogP contribution in [0.1, 0.15) is 51.6 Å². The molecule has 0 amide bonds. The summed E-state index contributed by atoms with van der Waals surface area (Å²) in [6, 6.07) is 5.32. The van der Waals surface area contributed by atoms with Crippen LogP contribution in [0.2, 0.25) is 0 Å².